The van der Waals surface area contributed by atoms with Crippen LogP contribution in [0.2, 0.25) is 0 Å². The fourth-order valence-corrected chi connectivity index (χ4v) is 8.67. The summed E-state index contributed by atoms with van der Waals surface area (Å²) in [6.07, 6.45) is 6.20. The van der Waals surface area contributed by atoms with Gasteiger partial charge in [0.2, 0.25) is 0 Å². The molecule has 3 fully saturated rings. The molecule has 6 rings (SSSR count). The maximum absolute atomic E-state index is 12.9. The maximum Gasteiger partial charge on any atom is 0.331 e. The van der Waals surface area contributed by atoms with Crippen LogP contribution in [-0.2, 0) is 33.3 Å². The number of cyclic esters (lactones) is 1. The molecule has 0 spiro atoms. The summed E-state index contributed by atoms with van der Waals surface area (Å²) in [7, 11) is 1.35. The molecule has 1 N–H and O–H groups in total. The van der Waals surface area contributed by atoms with Gasteiger partial charge in [-0.1, -0.05) is 20.8 Å². The summed E-state index contributed by atoms with van der Waals surface area (Å²) in [5, 5.41) is 12.2. The van der Waals surface area contributed by atoms with Crippen molar-refractivity contribution in [2.24, 2.45) is 28.1 Å². The topological polar surface area (TPSA) is 122 Å². The predicted molar refractivity (Wildman–Crippen MR) is 131 cm³/mol. The molecule has 4 heterocycles. The molecular formula is C29H34O9. The number of hydrogen-bond donors (Lipinski definition) is 1. The van der Waals surface area contributed by atoms with Crippen LogP contribution in [0.5, 0.6) is 0 Å². The highest BCUT2D eigenvalue weighted by atomic mass is 16.7. The van der Waals surface area contributed by atoms with Crippen LogP contribution in [-0.4, -0.2) is 48.1 Å². The summed E-state index contributed by atoms with van der Waals surface area (Å²) in [6, 6.07) is 1.81. The molecule has 0 aromatic carbocycles. The number of rotatable bonds is 4. The third-order valence-corrected chi connectivity index (χ3v) is 10.4. The third kappa shape index (κ3) is 3.14. The monoisotopic (exact) mass is 526 g/mol. The van der Waals surface area contributed by atoms with Gasteiger partial charge >= 0.3 is 17.9 Å². The molecule has 5 aliphatic rings. The van der Waals surface area contributed by atoms with Gasteiger partial charge in [0, 0.05) is 47.6 Å². The lowest BCUT2D eigenvalue weighted by molar-refractivity contribution is -0.307. The highest BCUT2D eigenvalue weighted by Crippen LogP contribution is 2.74. The van der Waals surface area contributed by atoms with Gasteiger partial charge < -0.3 is 28.5 Å². The molecule has 38 heavy (non-hydrogen) atoms. The SMILES string of the molecule is COC(=O)C[C@H]1[C@@]2(C)C[C@]3(O)O[C@@H](C=C4C5=CC(=O)O[C@@H](c6ccoc6)[C@]5(C)CC[C@@H]4[C@@]13C)[C@H]2OC(C)=O. The van der Waals surface area contributed by atoms with E-state index in [4.69, 9.17) is 23.4 Å². The highest BCUT2D eigenvalue weighted by Gasteiger charge is 2.77. The Morgan fingerprint density at radius 3 is 2.66 bits per heavy atom. The van der Waals surface area contributed by atoms with E-state index in [1.54, 1.807) is 24.7 Å². The molecule has 0 radical (unpaired) electrons. The Hall–Kier alpha value is -2.91. The summed E-state index contributed by atoms with van der Waals surface area (Å²) < 4.78 is 28.6. The lowest BCUT2D eigenvalue weighted by Gasteiger charge is -2.54. The number of fused-ring (bicyclic) bond motifs is 6. The molecule has 0 unspecified atom stereocenters. The van der Waals surface area contributed by atoms with E-state index in [9.17, 15) is 19.5 Å². The van der Waals surface area contributed by atoms with Crippen molar-refractivity contribution in [2.75, 3.05) is 7.11 Å². The normalized spacial score (nSPS) is 44.7. The van der Waals surface area contributed by atoms with Gasteiger partial charge in [-0.05, 0) is 48.0 Å². The van der Waals surface area contributed by atoms with Crippen LogP contribution in [0.25, 0.3) is 0 Å². The number of hydrogen-bond acceptors (Lipinski definition) is 9. The van der Waals surface area contributed by atoms with Crippen molar-refractivity contribution in [3.63, 3.8) is 0 Å². The summed E-state index contributed by atoms with van der Waals surface area (Å²) in [4.78, 5) is 38.0. The third-order valence-electron chi connectivity index (χ3n) is 10.4. The number of furan rings is 1. The first-order valence-corrected chi connectivity index (χ1v) is 13.2. The summed E-state index contributed by atoms with van der Waals surface area (Å²) in [5.74, 6) is -3.53. The number of methoxy groups -OCH3 is 1. The Morgan fingerprint density at radius 1 is 1.24 bits per heavy atom. The van der Waals surface area contributed by atoms with Crippen molar-refractivity contribution in [1.82, 2.24) is 0 Å². The van der Waals surface area contributed by atoms with E-state index in [2.05, 4.69) is 6.92 Å². The van der Waals surface area contributed by atoms with Gasteiger partial charge in [0.05, 0.1) is 19.6 Å². The van der Waals surface area contributed by atoms with Crippen LogP contribution in [0, 0.1) is 28.1 Å². The number of carbonyl (C=O) groups excluding carboxylic acids is 3. The first-order valence-electron chi connectivity index (χ1n) is 13.2. The van der Waals surface area contributed by atoms with E-state index in [1.807, 2.05) is 19.9 Å². The minimum Gasteiger partial charge on any atom is -0.472 e. The minimum atomic E-state index is -1.57. The summed E-state index contributed by atoms with van der Waals surface area (Å²) in [6.45, 7) is 7.37. The van der Waals surface area contributed by atoms with Gasteiger partial charge in [0.15, 0.2) is 5.79 Å². The van der Waals surface area contributed by atoms with Crippen molar-refractivity contribution < 1.29 is 42.9 Å². The van der Waals surface area contributed by atoms with Crippen molar-refractivity contribution in [3.05, 3.63) is 47.5 Å². The number of carbonyl (C=O) groups is 3. The first kappa shape index (κ1) is 25.4. The molecule has 1 aromatic rings. The molecule has 204 valence electrons. The van der Waals surface area contributed by atoms with Crippen LogP contribution in [0.15, 0.2) is 46.3 Å². The van der Waals surface area contributed by atoms with Crippen LogP contribution < -0.4 is 0 Å². The second kappa shape index (κ2) is 8.05. The number of aliphatic hydroxyl groups is 1. The molecular weight excluding hydrogens is 492 g/mol. The van der Waals surface area contributed by atoms with Crippen molar-refractivity contribution in [3.8, 4) is 0 Å². The Balaban J connectivity index is 1.55. The molecule has 3 aliphatic heterocycles. The van der Waals surface area contributed by atoms with E-state index < -0.39 is 64.2 Å². The Kier molecular flexibility index (Phi) is 5.38. The zero-order valence-electron chi connectivity index (χ0n) is 22.3. The zero-order chi connectivity index (χ0) is 27.3. The highest BCUT2D eigenvalue weighted by molar-refractivity contribution is 5.86. The number of ether oxygens (including phenoxy) is 4. The smallest absolute Gasteiger partial charge is 0.331 e. The Bertz CT molecular complexity index is 1260. The minimum absolute atomic E-state index is 0.0411. The average molecular weight is 527 g/mol. The Morgan fingerprint density at radius 2 is 2.00 bits per heavy atom. The second-order valence-electron chi connectivity index (χ2n) is 12.3. The second-order valence-corrected chi connectivity index (χ2v) is 12.3. The first-order chi connectivity index (χ1) is 17.9. The molecule has 9 heteroatoms. The maximum atomic E-state index is 12.9. The average Bonchev–Trinajstić information content (AvgIpc) is 3.40. The Labute approximate surface area is 221 Å². The fraction of sp³-hybridized carbons (Fsp3) is 0.621. The van der Waals surface area contributed by atoms with Crippen molar-refractivity contribution >= 4 is 17.9 Å². The van der Waals surface area contributed by atoms with Crippen LogP contribution in [0.4, 0.5) is 0 Å². The largest absolute Gasteiger partial charge is 0.472 e. The van der Waals surface area contributed by atoms with Gasteiger partial charge in [0.1, 0.15) is 18.3 Å². The molecule has 1 saturated heterocycles. The number of allylic oxidation sites excluding steroid dienone is 1. The standard InChI is InChI=1S/C29H34O9/c1-15(30)36-25-20-10-17-18(28(4)21(12-22(31)34-5)27(25,3)14-29(28,33)38-20)6-8-26(2)19(17)11-23(32)37-24(26)16-7-9-35-13-16/h7,9-11,13,18,20-21,24-25,33H,6,8,12,14H2,1-5H3/t18-,20-,21-,24-,25+,26+,27+,28-,29-/m0/s1. The summed E-state index contributed by atoms with van der Waals surface area (Å²) in [5.41, 5.74) is 0.247. The molecule has 2 saturated carbocycles. The van der Waals surface area contributed by atoms with Crippen LogP contribution in [0.1, 0.15) is 65.0 Å². The lowest BCUT2D eigenvalue weighted by atomic mass is 9.51. The van der Waals surface area contributed by atoms with E-state index in [0.717, 1.165) is 16.7 Å². The van der Waals surface area contributed by atoms with E-state index in [0.29, 0.717) is 12.8 Å². The molecule has 0 amide bonds. The van der Waals surface area contributed by atoms with Gasteiger partial charge in [0.25, 0.3) is 0 Å². The van der Waals surface area contributed by atoms with E-state index in [-0.39, 0.29) is 18.8 Å². The van der Waals surface area contributed by atoms with E-state index in [1.165, 1.54) is 14.0 Å². The molecule has 3 bridgehead atoms. The van der Waals surface area contributed by atoms with Gasteiger partial charge in [-0.25, -0.2) is 4.79 Å². The summed E-state index contributed by atoms with van der Waals surface area (Å²) >= 11 is 0. The fourth-order valence-electron chi connectivity index (χ4n) is 8.67. The van der Waals surface area contributed by atoms with Crippen molar-refractivity contribution in [2.45, 2.75) is 77.5 Å². The van der Waals surface area contributed by atoms with Gasteiger partial charge in [-0.15, -0.1) is 0 Å². The van der Waals surface area contributed by atoms with Crippen molar-refractivity contribution in [1.29, 1.82) is 0 Å². The zero-order valence-corrected chi connectivity index (χ0v) is 22.3. The van der Waals surface area contributed by atoms with Gasteiger partial charge in [-0.3, -0.25) is 9.59 Å². The predicted octanol–water partition coefficient (Wildman–Crippen LogP) is 3.77. The molecule has 2 aliphatic carbocycles. The quantitative estimate of drug-likeness (QED) is 0.461. The molecule has 9 nitrogen and oxygen atoms in total. The van der Waals surface area contributed by atoms with E-state index >= 15 is 0 Å². The van der Waals surface area contributed by atoms with Crippen LogP contribution >= 0.6 is 0 Å². The van der Waals surface area contributed by atoms with Crippen LogP contribution in [0.3, 0.4) is 0 Å². The van der Waals surface area contributed by atoms with Gasteiger partial charge in [-0.2, -0.15) is 0 Å². The molecule has 1 aromatic heterocycles. The number of esters is 3. The molecule has 9 atom stereocenters. The lowest BCUT2D eigenvalue weighted by Crippen LogP contribution is -2.55.